The first-order valence-corrected chi connectivity index (χ1v) is 13.6. The highest BCUT2D eigenvalue weighted by Crippen LogP contribution is 2.68. The Balaban J connectivity index is 1.42. The highest BCUT2D eigenvalue weighted by atomic mass is 16.6. The Morgan fingerprint density at radius 3 is 2.82 bits per heavy atom. The van der Waals surface area contributed by atoms with Crippen LogP contribution in [0.5, 0.6) is 5.75 Å². The van der Waals surface area contributed by atoms with Crippen molar-refractivity contribution in [2.24, 2.45) is 39.2 Å². The van der Waals surface area contributed by atoms with E-state index >= 15 is 0 Å². The van der Waals surface area contributed by atoms with E-state index in [-0.39, 0.29) is 35.6 Å². The quantitative estimate of drug-likeness (QED) is 0.347. The van der Waals surface area contributed by atoms with Gasteiger partial charge in [0.1, 0.15) is 17.6 Å². The second-order valence-electron chi connectivity index (χ2n) is 12.3. The van der Waals surface area contributed by atoms with Crippen LogP contribution in [0.1, 0.15) is 65.4 Å². The number of carbonyl (C=O) groups excluding carboxylic acids is 2. The molecule has 0 radical (unpaired) electrons. The Hall–Kier alpha value is -2.65. The summed E-state index contributed by atoms with van der Waals surface area (Å²) in [5, 5.41) is 25.3. The van der Waals surface area contributed by atoms with E-state index in [9.17, 15) is 19.7 Å². The van der Waals surface area contributed by atoms with E-state index in [0.29, 0.717) is 29.6 Å². The zero-order valence-corrected chi connectivity index (χ0v) is 22.7. The summed E-state index contributed by atoms with van der Waals surface area (Å²) < 4.78 is 16.8. The molecule has 1 heterocycles. The molecule has 38 heavy (non-hydrogen) atoms. The Morgan fingerprint density at radius 2 is 2.08 bits per heavy atom. The second-order valence-corrected chi connectivity index (χ2v) is 12.3. The molecule has 204 valence electrons. The van der Waals surface area contributed by atoms with Crippen molar-refractivity contribution in [2.45, 2.75) is 72.0 Å². The van der Waals surface area contributed by atoms with Crippen LogP contribution in [-0.4, -0.2) is 54.0 Å². The van der Waals surface area contributed by atoms with Crippen molar-refractivity contribution in [3.05, 3.63) is 36.4 Å². The topological polar surface area (TPSA) is 115 Å². The van der Waals surface area contributed by atoms with E-state index in [1.54, 1.807) is 24.3 Å². The number of aliphatic hydroxyl groups is 1. The fourth-order valence-corrected chi connectivity index (χ4v) is 8.01. The van der Waals surface area contributed by atoms with Crippen LogP contribution < -0.4 is 10.2 Å². The number of ketones is 1. The first kappa shape index (κ1) is 26.9. The van der Waals surface area contributed by atoms with Gasteiger partial charge >= 0.3 is 13.1 Å². The minimum absolute atomic E-state index is 0.0813. The van der Waals surface area contributed by atoms with Crippen molar-refractivity contribution in [1.29, 1.82) is 0 Å². The lowest BCUT2D eigenvalue weighted by Gasteiger charge is -2.61. The van der Waals surface area contributed by atoms with Crippen LogP contribution >= 0.6 is 0 Å². The smallest absolute Gasteiger partial charge is 0.482 e. The highest BCUT2D eigenvalue weighted by molar-refractivity contribution is 6.62. The Kier molecular flexibility index (Phi) is 6.75. The van der Waals surface area contributed by atoms with Crippen molar-refractivity contribution < 1.29 is 33.9 Å². The van der Waals surface area contributed by atoms with Gasteiger partial charge in [0, 0.05) is 28.6 Å². The summed E-state index contributed by atoms with van der Waals surface area (Å²) in [7, 11) is -1.21. The van der Waals surface area contributed by atoms with Gasteiger partial charge in [-0.25, -0.2) is 4.79 Å². The van der Waals surface area contributed by atoms with Crippen LogP contribution in [0.25, 0.3) is 0 Å². The monoisotopic (exact) mass is 523 g/mol. The molecule has 1 aromatic rings. The molecule has 3 aliphatic carbocycles. The summed E-state index contributed by atoms with van der Waals surface area (Å²) in [6, 6.07) is 5.03. The fraction of sp³-hybridized carbons (Fsp3) is 0.621. The maximum absolute atomic E-state index is 13.5. The third-order valence-electron chi connectivity index (χ3n) is 10.6. The zero-order chi connectivity index (χ0) is 27.5. The minimum atomic E-state index is -1.21. The molecule has 8 nitrogen and oxygen atoms in total. The molecule has 0 saturated heterocycles. The molecule has 1 unspecified atom stereocenters. The summed E-state index contributed by atoms with van der Waals surface area (Å²) in [5.74, 6) is -0.144. The van der Waals surface area contributed by atoms with Crippen molar-refractivity contribution >= 4 is 30.5 Å². The second kappa shape index (κ2) is 9.52. The van der Waals surface area contributed by atoms with Crippen LogP contribution in [0.2, 0.25) is 0 Å². The minimum Gasteiger partial charge on any atom is -0.482 e. The number of carbonyl (C=O) groups is 2. The first-order chi connectivity index (χ1) is 18.0. The summed E-state index contributed by atoms with van der Waals surface area (Å²) in [6.07, 6.45) is 5.39. The Bertz CT molecular complexity index is 1170. The van der Waals surface area contributed by atoms with Crippen molar-refractivity contribution in [3.63, 3.8) is 0 Å². The molecule has 3 saturated carbocycles. The number of ether oxygens (including phenoxy) is 2. The van der Waals surface area contributed by atoms with Crippen LogP contribution in [0.3, 0.4) is 0 Å². The lowest BCUT2D eigenvalue weighted by atomic mass is 9.44. The number of hydrogen-bond donors (Lipinski definition) is 2. The van der Waals surface area contributed by atoms with Gasteiger partial charge in [0.05, 0.1) is 12.3 Å². The predicted molar refractivity (Wildman–Crippen MR) is 143 cm³/mol. The normalized spacial score (nSPS) is 39.8. The number of rotatable bonds is 5. The van der Waals surface area contributed by atoms with E-state index in [1.807, 2.05) is 6.92 Å². The standard InChI is InChI=1S/C29H38BNO7/c1-6-27(4)14-23(37-24(33)16-36-20-8-7-19-15-31-38-30(35)21(19)13-20)28(5)17(2)9-11-29(18(3)26(27)34)12-10-22(32)25(28)29/h6-8,13,15,17-18,23,25-26,34-35H,1,9-12,14,16H2,2-5H3/t17-,18+,23?,25+,26+,27-,28+,29+/m1/s1. The van der Waals surface area contributed by atoms with E-state index in [2.05, 4.69) is 32.5 Å². The molecule has 2 bridgehead atoms. The van der Waals surface area contributed by atoms with E-state index < -0.39 is 36.1 Å². The molecule has 2 N–H and O–H groups in total. The molecule has 8 atom stereocenters. The molecule has 0 aromatic heterocycles. The number of hydrogen-bond acceptors (Lipinski definition) is 8. The van der Waals surface area contributed by atoms with E-state index in [0.717, 1.165) is 19.3 Å². The maximum Gasteiger partial charge on any atom is 0.583 e. The van der Waals surface area contributed by atoms with Crippen LogP contribution in [0, 0.1) is 34.0 Å². The number of benzene rings is 1. The Labute approximate surface area is 224 Å². The number of esters is 1. The summed E-state index contributed by atoms with van der Waals surface area (Å²) >= 11 is 0. The summed E-state index contributed by atoms with van der Waals surface area (Å²) in [4.78, 5) is 26.7. The van der Waals surface area contributed by atoms with E-state index in [4.69, 9.17) is 14.2 Å². The Morgan fingerprint density at radius 1 is 1.32 bits per heavy atom. The molecule has 5 rings (SSSR count). The SMILES string of the molecule is C=C[C@]1(C)CC(OC(=O)COc2ccc3c(c2)B(O)ON=C3)[C@]2(C)[C@H](C)CC[C@]3(CCC(=O)[C@H]32)[C@@H](C)[C@@H]1O. The van der Waals surface area contributed by atoms with E-state index in [1.165, 1.54) is 6.21 Å². The average molecular weight is 523 g/mol. The van der Waals surface area contributed by atoms with Crippen LogP contribution in [-0.2, 0) is 19.1 Å². The van der Waals surface area contributed by atoms with Gasteiger partial charge < -0.3 is 24.4 Å². The lowest BCUT2D eigenvalue weighted by molar-refractivity contribution is -0.207. The van der Waals surface area contributed by atoms with Gasteiger partial charge in [-0.05, 0) is 66.7 Å². The number of aliphatic hydroxyl groups excluding tert-OH is 1. The molecular formula is C29H38BNO7. The average Bonchev–Trinajstić information content (AvgIpc) is 3.26. The van der Waals surface area contributed by atoms with Crippen molar-refractivity contribution in [2.75, 3.05) is 6.61 Å². The van der Waals surface area contributed by atoms with Crippen LogP contribution in [0.15, 0.2) is 36.0 Å². The molecule has 4 aliphatic rings. The molecule has 9 heteroatoms. The summed E-state index contributed by atoms with van der Waals surface area (Å²) in [6.45, 7) is 12.0. The lowest BCUT2D eigenvalue weighted by Crippen LogP contribution is -2.63. The number of oxime groups is 1. The first-order valence-electron chi connectivity index (χ1n) is 13.6. The van der Waals surface area contributed by atoms with Crippen molar-refractivity contribution in [3.8, 4) is 5.75 Å². The summed E-state index contributed by atoms with van der Waals surface area (Å²) in [5.41, 5.74) is -0.390. The molecule has 0 amide bonds. The number of Topliss-reactive ketones (excluding diaryl/α,β-unsaturated/α-hetero) is 1. The number of nitrogens with zero attached hydrogens (tertiary/aromatic N) is 1. The van der Waals surface area contributed by atoms with Crippen molar-refractivity contribution in [1.82, 2.24) is 0 Å². The van der Waals surface area contributed by atoms with Gasteiger partial charge in [-0.3, -0.25) is 4.79 Å². The zero-order valence-electron chi connectivity index (χ0n) is 22.7. The third-order valence-corrected chi connectivity index (χ3v) is 10.6. The molecule has 1 aliphatic heterocycles. The molecule has 1 aromatic carbocycles. The van der Waals surface area contributed by atoms with Gasteiger partial charge in [0.15, 0.2) is 6.61 Å². The largest absolute Gasteiger partial charge is 0.583 e. The van der Waals surface area contributed by atoms with Gasteiger partial charge in [-0.2, -0.15) is 0 Å². The molecule has 3 fully saturated rings. The fourth-order valence-electron chi connectivity index (χ4n) is 8.01. The number of fused-ring (bicyclic) bond motifs is 1. The van der Waals surface area contributed by atoms with Gasteiger partial charge in [0.25, 0.3) is 0 Å². The predicted octanol–water partition coefficient (Wildman–Crippen LogP) is 3.02. The third kappa shape index (κ3) is 4.01. The van der Waals surface area contributed by atoms with Gasteiger partial charge in [-0.1, -0.05) is 33.8 Å². The van der Waals surface area contributed by atoms with Gasteiger partial charge in [0.2, 0.25) is 0 Å². The van der Waals surface area contributed by atoms with Crippen LogP contribution in [0.4, 0.5) is 0 Å². The highest BCUT2D eigenvalue weighted by Gasteiger charge is 2.68. The van der Waals surface area contributed by atoms with Gasteiger partial charge in [-0.15, -0.1) is 11.7 Å². The maximum atomic E-state index is 13.5. The molecule has 0 spiro atoms. The molecular weight excluding hydrogens is 485 g/mol.